The van der Waals surface area contributed by atoms with Gasteiger partial charge in [-0.2, -0.15) is 0 Å². The van der Waals surface area contributed by atoms with Gasteiger partial charge in [0.05, 0.1) is 0 Å². The number of amides is 1. The molecule has 0 fully saturated rings. The predicted molar refractivity (Wildman–Crippen MR) is 68.2 cm³/mol. The molecule has 0 aliphatic carbocycles. The zero-order chi connectivity index (χ0) is 12.1. The summed E-state index contributed by atoms with van der Waals surface area (Å²) in [6.07, 6.45) is 7.89. The fourth-order valence-electron chi connectivity index (χ4n) is 1.22. The van der Waals surface area contributed by atoms with Crippen molar-refractivity contribution in [1.82, 2.24) is 10.6 Å². The molecule has 0 rings (SSSR count). The summed E-state index contributed by atoms with van der Waals surface area (Å²) in [6.45, 7) is 5.04. The molecular formula is C12H25N3O. The number of nitrogens with two attached hydrogens (primary N) is 1. The topological polar surface area (TPSA) is 67.2 Å². The number of allylic oxidation sites excluding steroid dienone is 2. The lowest BCUT2D eigenvalue weighted by atomic mass is 10.2. The van der Waals surface area contributed by atoms with E-state index in [0.29, 0.717) is 19.5 Å². The van der Waals surface area contributed by atoms with Crippen molar-refractivity contribution in [2.45, 2.75) is 32.6 Å². The molecule has 94 valence electrons. The zero-order valence-electron chi connectivity index (χ0n) is 10.3. The monoisotopic (exact) mass is 227 g/mol. The van der Waals surface area contributed by atoms with Crippen LogP contribution in [0.1, 0.15) is 32.6 Å². The molecular weight excluding hydrogens is 202 g/mol. The van der Waals surface area contributed by atoms with E-state index in [4.69, 9.17) is 5.73 Å². The lowest BCUT2D eigenvalue weighted by Gasteiger charge is -2.04. The van der Waals surface area contributed by atoms with Crippen LogP contribution in [-0.4, -0.2) is 32.1 Å². The molecule has 0 radical (unpaired) electrons. The fraction of sp³-hybridized carbons (Fsp3) is 0.750. The second-order valence-corrected chi connectivity index (χ2v) is 3.69. The number of carbonyl (C=O) groups is 1. The van der Waals surface area contributed by atoms with Gasteiger partial charge in [0.1, 0.15) is 0 Å². The third kappa shape index (κ3) is 11.2. The number of nitrogens with one attached hydrogen (secondary N) is 2. The first-order chi connectivity index (χ1) is 7.81. The third-order valence-electron chi connectivity index (χ3n) is 2.11. The van der Waals surface area contributed by atoms with Gasteiger partial charge in [0.25, 0.3) is 0 Å². The maximum absolute atomic E-state index is 11.3. The molecule has 16 heavy (non-hydrogen) atoms. The normalized spacial score (nSPS) is 10.9. The van der Waals surface area contributed by atoms with E-state index in [1.807, 2.05) is 0 Å². The number of unbranched alkanes of at least 4 members (excludes halogenated alkanes) is 1. The lowest BCUT2D eigenvalue weighted by molar-refractivity contribution is -0.120. The molecule has 0 spiro atoms. The summed E-state index contributed by atoms with van der Waals surface area (Å²) in [5.41, 5.74) is 5.32. The van der Waals surface area contributed by atoms with Gasteiger partial charge < -0.3 is 16.4 Å². The van der Waals surface area contributed by atoms with Crippen molar-refractivity contribution in [1.29, 1.82) is 0 Å². The van der Waals surface area contributed by atoms with Crippen molar-refractivity contribution >= 4 is 5.91 Å². The van der Waals surface area contributed by atoms with Crippen LogP contribution in [0.25, 0.3) is 0 Å². The average molecular weight is 227 g/mol. The quantitative estimate of drug-likeness (QED) is 0.382. The smallest absolute Gasteiger partial charge is 0.220 e. The molecule has 0 unspecified atom stereocenters. The van der Waals surface area contributed by atoms with Gasteiger partial charge in [-0.15, -0.1) is 0 Å². The Bertz CT molecular complexity index is 193. The Labute approximate surface area is 98.7 Å². The van der Waals surface area contributed by atoms with Gasteiger partial charge in [-0.05, 0) is 12.8 Å². The molecule has 0 aromatic heterocycles. The number of carbonyl (C=O) groups excluding carboxylic acids is 1. The maximum atomic E-state index is 11.3. The Morgan fingerprint density at radius 1 is 1.19 bits per heavy atom. The minimum Gasteiger partial charge on any atom is -0.355 e. The first kappa shape index (κ1) is 15.1. The van der Waals surface area contributed by atoms with Crippen molar-refractivity contribution in [2.75, 3.05) is 26.2 Å². The first-order valence-corrected chi connectivity index (χ1v) is 6.13. The molecule has 0 heterocycles. The third-order valence-corrected chi connectivity index (χ3v) is 2.11. The Kier molecular flexibility index (Phi) is 11.5. The molecule has 0 aliphatic heterocycles. The van der Waals surface area contributed by atoms with Crippen LogP contribution >= 0.6 is 0 Å². The van der Waals surface area contributed by atoms with Crippen LogP contribution in [-0.2, 0) is 4.79 Å². The van der Waals surface area contributed by atoms with Crippen LogP contribution in [0.2, 0.25) is 0 Å². The Hall–Kier alpha value is -0.870. The summed E-state index contributed by atoms with van der Waals surface area (Å²) in [7, 11) is 0. The molecule has 0 bridgehead atoms. The molecule has 0 aromatic rings. The molecule has 0 saturated carbocycles. The van der Waals surface area contributed by atoms with E-state index >= 15 is 0 Å². The molecule has 4 heteroatoms. The van der Waals surface area contributed by atoms with Crippen LogP contribution in [0, 0.1) is 0 Å². The predicted octanol–water partition coefficient (Wildman–Crippen LogP) is 0.787. The highest BCUT2D eigenvalue weighted by Crippen LogP contribution is 1.94. The highest BCUT2D eigenvalue weighted by Gasteiger charge is 1.97. The molecule has 1 amide bonds. The summed E-state index contributed by atoms with van der Waals surface area (Å²) in [5, 5.41) is 5.98. The minimum atomic E-state index is 0.121. The SMILES string of the molecule is CCC/C=C/CCC(=O)NCCNCCN. The van der Waals surface area contributed by atoms with Crippen molar-refractivity contribution in [3.05, 3.63) is 12.2 Å². The fourth-order valence-corrected chi connectivity index (χ4v) is 1.22. The Morgan fingerprint density at radius 2 is 1.94 bits per heavy atom. The van der Waals surface area contributed by atoms with E-state index in [2.05, 4.69) is 29.7 Å². The van der Waals surface area contributed by atoms with E-state index in [9.17, 15) is 4.79 Å². The van der Waals surface area contributed by atoms with Gasteiger partial charge in [-0.1, -0.05) is 25.5 Å². The Morgan fingerprint density at radius 3 is 2.62 bits per heavy atom. The highest BCUT2D eigenvalue weighted by molar-refractivity contribution is 5.75. The van der Waals surface area contributed by atoms with Crippen LogP contribution in [0.3, 0.4) is 0 Å². The van der Waals surface area contributed by atoms with Crippen LogP contribution in [0.5, 0.6) is 0 Å². The average Bonchev–Trinajstić information content (AvgIpc) is 2.28. The second-order valence-electron chi connectivity index (χ2n) is 3.69. The summed E-state index contributed by atoms with van der Waals surface area (Å²) in [5.74, 6) is 0.121. The standard InChI is InChI=1S/C12H25N3O/c1-2-3-4-5-6-7-12(16)15-11-10-14-9-8-13/h4-5,14H,2-3,6-11,13H2,1H3,(H,15,16)/b5-4+. The van der Waals surface area contributed by atoms with Crippen molar-refractivity contribution in [2.24, 2.45) is 5.73 Å². The van der Waals surface area contributed by atoms with Gasteiger partial charge >= 0.3 is 0 Å². The van der Waals surface area contributed by atoms with Crippen molar-refractivity contribution < 1.29 is 4.79 Å². The van der Waals surface area contributed by atoms with Crippen LogP contribution in [0.15, 0.2) is 12.2 Å². The first-order valence-electron chi connectivity index (χ1n) is 6.13. The van der Waals surface area contributed by atoms with E-state index < -0.39 is 0 Å². The van der Waals surface area contributed by atoms with Gasteiger partial charge in [0, 0.05) is 32.6 Å². The molecule has 0 atom stereocenters. The van der Waals surface area contributed by atoms with E-state index in [1.54, 1.807) is 0 Å². The molecule has 0 aromatic carbocycles. The molecule has 4 N–H and O–H groups in total. The highest BCUT2D eigenvalue weighted by atomic mass is 16.1. The lowest BCUT2D eigenvalue weighted by Crippen LogP contribution is -2.33. The summed E-state index contributed by atoms with van der Waals surface area (Å²) < 4.78 is 0. The minimum absolute atomic E-state index is 0.121. The van der Waals surface area contributed by atoms with Crippen LogP contribution < -0.4 is 16.4 Å². The van der Waals surface area contributed by atoms with Crippen LogP contribution in [0.4, 0.5) is 0 Å². The second kappa shape index (κ2) is 12.2. The summed E-state index contributed by atoms with van der Waals surface area (Å²) in [6, 6.07) is 0. The molecule has 4 nitrogen and oxygen atoms in total. The summed E-state index contributed by atoms with van der Waals surface area (Å²) in [4.78, 5) is 11.3. The molecule has 0 saturated heterocycles. The van der Waals surface area contributed by atoms with Gasteiger partial charge in [0.15, 0.2) is 0 Å². The number of rotatable bonds is 10. The number of hydrogen-bond acceptors (Lipinski definition) is 3. The van der Waals surface area contributed by atoms with Gasteiger partial charge in [-0.3, -0.25) is 4.79 Å². The van der Waals surface area contributed by atoms with Gasteiger partial charge in [0.2, 0.25) is 5.91 Å². The van der Waals surface area contributed by atoms with E-state index in [-0.39, 0.29) is 5.91 Å². The van der Waals surface area contributed by atoms with Gasteiger partial charge in [-0.25, -0.2) is 0 Å². The zero-order valence-corrected chi connectivity index (χ0v) is 10.3. The summed E-state index contributed by atoms with van der Waals surface area (Å²) >= 11 is 0. The molecule has 0 aliphatic rings. The van der Waals surface area contributed by atoms with E-state index in [0.717, 1.165) is 32.4 Å². The Balaban J connectivity index is 3.24. The van der Waals surface area contributed by atoms with Crippen molar-refractivity contribution in [3.8, 4) is 0 Å². The largest absolute Gasteiger partial charge is 0.355 e. The maximum Gasteiger partial charge on any atom is 0.220 e. The number of hydrogen-bond donors (Lipinski definition) is 3. The van der Waals surface area contributed by atoms with Crippen molar-refractivity contribution in [3.63, 3.8) is 0 Å². The van der Waals surface area contributed by atoms with E-state index in [1.165, 1.54) is 0 Å².